The molecular formula is C16H26N4. The number of fused-ring (bicyclic) bond motifs is 1. The molecule has 2 aliphatic rings. The molecule has 0 amide bonds. The van der Waals surface area contributed by atoms with Crippen LogP contribution in [0.15, 0.2) is 6.33 Å². The molecule has 2 heterocycles. The summed E-state index contributed by atoms with van der Waals surface area (Å²) in [5, 5.41) is 3.39. The van der Waals surface area contributed by atoms with E-state index < -0.39 is 0 Å². The molecule has 1 saturated carbocycles. The minimum Gasteiger partial charge on any atom is -0.370 e. The van der Waals surface area contributed by atoms with Crippen molar-refractivity contribution < 1.29 is 0 Å². The van der Waals surface area contributed by atoms with Gasteiger partial charge in [0.15, 0.2) is 0 Å². The number of nitrogens with zero attached hydrogens (tertiary/aromatic N) is 3. The quantitative estimate of drug-likeness (QED) is 0.915. The molecule has 1 aromatic rings. The summed E-state index contributed by atoms with van der Waals surface area (Å²) in [5.74, 6) is 4.42. The molecule has 20 heavy (non-hydrogen) atoms. The second-order valence-corrected chi connectivity index (χ2v) is 6.50. The highest BCUT2D eigenvalue weighted by Crippen LogP contribution is 2.41. The topological polar surface area (TPSA) is 41.1 Å². The van der Waals surface area contributed by atoms with Crippen molar-refractivity contribution in [3.05, 3.63) is 11.9 Å². The van der Waals surface area contributed by atoms with Gasteiger partial charge in [0, 0.05) is 25.2 Å². The first-order valence-corrected chi connectivity index (χ1v) is 8.04. The lowest BCUT2D eigenvalue weighted by Gasteiger charge is -2.24. The molecule has 2 atom stereocenters. The first kappa shape index (κ1) is 13.7. The fourth-order valence-electron chi connectivity index (χ4n) is 3.89. The summed E-state index contributed by atoms with van der Waals surface area (Å²) in [6.07, 6.45) is 5.95. The van der Waals surface area contributed by atoms with E-state index in [1.807, 2.05) is 0 Å². The lowest BCUT2D eigenvalue weighted by atomic mass is 10.0. The third-order valence-corrected chi connectivity index (χ3v) is 4.81. The number of hydrogen-bond acceptors (Lipinski definition) is 4. The fourth-order valence-corrected chi connectivity index (χ4v) is 3.89. The predicted octanol–water partition coefficient (Wildman–Crippen LogP) is 3.27. The van der Waals surface area contributed by atoms with Crippen LogP contribution in [0.5, 0.6) is 0 Å². The molecule has 1 aliphatic carbocycles. The van der Waals surface area contributed by atoms with Gasteiger partial charge >= 0.3 is 0 Å². The Morgan fingerprint density at radius 2 is 1.95 bits per heavy atom. The molecule has 1 N–H and O–H groups in total. The van der Waals surface area contributed by atoms with Crippen LogP contribution >= 0.6 is 0 Å². The van der Waals surface area contributed by atoms with Gasteiger partial charge in [-0.05, 0) is 37.5 Å². The zero-order valence-corrected chi connectivity index (χ0v) is 12.9. The molecule has 4 nitrogen and oxygen atoms in total. The summed E-state index contributed by atoms with van der Waals surface area (Å²) in [6.45, 7) is 9.87. The van der Waals surface area contributed by atoms with Crippen LogP contribution in [0.3, 0.4) is 0 Å². The number of anilines is 2. The van der Waals surface area contributed by atoms with Gasteiger partial charge in [-0.1, -0.05) is 20.3 Å². The van der Waals surface area contributed by atoms with Crippen molar-refractivity contribution in [1.29, 1.82) is 0 Å². The van der Waals surface area contributed by atoms with Crippen LogP contribution in [0.1, 0.15) is 51.5 Å². The van der Waals surface area contributed by atoms with Gasteiger partial charge in [-0.2, -0.15) is 0 Å². The summed E-state index contributed by atoms with van der Waals surface area (Å²) in [4.78, 5) is 11.6. The summed E-state index contributed by atoms with van der Waals surface area (Å²) in [7, 11) is 0. The fraction of sp³-hybridized carbons (Fsp3) is 0.750. The lowest BCUT2D eigenvalue weighted by Crippen LogP contribution is -2.24. The maximum Gasteiger partial charge on any atom is 0.137 e. The van der Waals surface area contributed by atoms with Gasteiger partial charge in [0.2, 0.25) is 0 Å². The van der Waals surface area contributed by atoms with Gasteiger partial charge in [0.05, 0.1) is 0 Å². The second kappa shape index (κ2) is 5.58. The van der Waals surface area contributed by atoms with Crippen LogP contribution in [0, 0.1) is 11.8 Å². The van der Waals surface area contributed by atoms with E-state index in [2.05, 4.69) is 41.0 Å². The second-order valence-electron chi connectivity index (χ2n) is 6.50. The van der Waals surface area contributed by atoms with E-state index in [-0.39, 0.29) is 0 Å². The standard InChI is InChI=1S/C16H26N4/c1-4-17-15-14(11(2)3)16(19-10-18-15)20-8-12-6-5-7-13(12)9-20/h10-13H,4-9H2,1-3H3,(H,17,18,19). The third-order valence-electron chi connectivity index (χ3n) is 4.81. The Bertz CT molecular complexity index is 460. The molecule has 4 heteroatoms. The van der Waals surface area contributed by atoms with Crippen molar-refractivity contribution in [2.75, 3.05) is 29.9 Å². The average molecular weight is 274 g/mol. The largest absolute Gasteiger partial charge is 0.370 e. The molecule has 3 rings (SSSR count). The monoisotopic (exact) mass is 274 g/mol. The van der Waals surface area contributed by atoms with Crippen molar-refractivity contribution in [1.82, 2.24) is 9.97 Å². The van der Waals surface area contributed by atoms with E-state index in [4.69, 9.17) is 0 Å². The molecular weight excluding hydrogens is 248 g/mol. The minimum absolute atomic E-state index is 0.445. The van der Waals surface area contributed by atoms with Crippen molar-refractivity contribution in [3.8, 4) is 0 Å². The number of rotatable bonds is 4. The molecule has 1 aliphatic heterocycles. The van der Waals surface area contributed by atoms with E-state index in [1.54, 1.807) is 6.33 Å². The Morgan fingerprint density at radius 1 is 1.25 bits per heavy atom. The third kappa shape index (κ3) is 2.36. The zero-order valence-electron chi connectivity index (χ0n) is 12.9. The van der Waals surface area contributed by atoms with Gasteiger partial charge in [0.25, 0.3) is 0 Å². The molecule has 1 saturated heterocycles. The SMILES string of the molecule is CCNc1ncnc(N2CC3CCCC3C2)c1C(C)C. The number of hydrogen-bond donors (Lipinski definition) is 1. The van der Waals surface area contributed by atoms with Crippen molar-refractivity contribution in [2.24, 2.45) is 11.8 Å². The Morgan fingerprint density at radius 3 is 2.55 bits per heavy atom. The normalized spacial score (nSPS) is 25.3. The highest BCUT2D eigenvalue weighted by Gasteiger charge is 2.37. The molecule has 0 radical (unpaired) electrons. The smallest absolute Gasteiger partial charge is 0.137 e. The van der Waals surface area contributed by atoms with Crippen LogP contribution in [0.2, 0.25) is 0 Å². The van der Waals surface area contributed by atoms with E-state index in [0.29, 0.717) is 5.92 Å². The summed E-state index contributed by atoms with van der Waals surface area (Å²) in [6, 6.07) is 0. The summed E-state index contributed by atoms with van der Waals surface area (Å²) < 4.78 is 0. The average Bonchev–Trinajstić information content (AvgIpc) is 2.99. The molecule has 110 valence electrons. The Balaban J connectivity index is 1.91. The van der Waals surface area contributed by atoms with E-state index in [1.165, 1.54) is 43.7 Å². The summed E-state index contributed by atoms with van der Waals surface area (Å²) in [5.41, 5.74) is 1.29. The van der Waals surface area contributed by atoms with Crippen molar-refractivity contribution in [3.63, 3.8) is 0 Å². The van der Waals surface area contributed by atoms with E-state index >= 15 is 0 Å². The molecule has 2 fully saturated rings. The van der Waals surface area contributed by atoms with Crippen molar-refractivity contribution >= 4 is 11.6 Å². The van der Waals surface area contributed by atoms with Gasteiger partial charge in [-0.15, -0.1) is 0 Å². The minimum atomic E-state index is 0.445. The lowest BCUT2D eigenvalue weighted by molar-refractivity contribution is 0.494. The molecule has 0 aromatic carbocycles. The maximum atomic E-state index is 4.63. The summed E-state index contributed by atoms with van der Waals surface area (Å²) >= 11 is 0. The molecule has 0 spiro atoms. The van der Waals surface area contributed by atoms with Gasteiger partial charge < -0.3 is 10.2 Å². The Kier molecular flexibility index (Phi) is 3.81. The first-order chi connectivity index (χ1) is 9.70. The molecule has 0 bridgehead atoms. The maximum absolute atomic E-state index is 4.63. The van der Waals surface area contributed by atoms with Gasteiger partial charge in [0.1, 0.15) is 18.0 Å². The Hall–Kier alpha value is -1.32. The van der Waals surface area contributed by atoms with Crippen molar-refractivity contribution in [2.45, 2.75) is 46.0 Å². The highest BCUT2D eigenvalue weighted by molar-refractivity contribution is 5.60. The van der Waals surface area contributed by atoms with Crippen LogP contribution in [-0.4, -0.2) is 29.6 Å². The number of aromatic nitrogens is 2. The zero-order chi connectivity index (χ0) is 14.1. The number of nitrogens with one attached hydrogen (secondary N) is 1. The molecule has 1 aromatic heterocycles. The van der Waals surface area contributed by atoms with Gasteiger partial charge in [-0.3, -0.25) is 0 Å². The predicted molar refractivity (Wildman–Crippen MR) is 83.3 cm³/mol. The van der Waals surface area contributed by atoms with Crippen LogP contribution in [-0.2, 0) is 0 Å². The Labute approximate surface area is 122 Å². The highest BCUT2D eigenvalue weighted by atomic mass is 15.2. The molecule has 2 unspecified atom stereocenters. The van der Waals surface area contributed by atoms with Crippen LogP contribution in [0.25, 0.3) is 0 Å². The van der Waals surface area contributed by atoms with Crippen LogP contribution < -0.4 is 10.2 Å². The van der Waals surface area contributed by atoms with E-state index in [9.17, 15) is 0 Å². The van der Waals surface area contributed by atoms with Gasteiger partial charge in [-0.25, -0.2) is 9.97 Å². The van der Waals surface area contributed by atoms with Crippen LogP contribution in [0.4, 0.5) is 11.6 Å². The van der Waals surface area contributed by atoms with E-state index in [0.717, 1.165) is 24.2 Å². The first-order valence-electron chi connectivity index (χ1n) is 8.04.